The Hall–Kier alpha value is -1.56. The molecule has 1 amide bonds. The zero-order chi connectivity index (χ0) is 13.3. The Balaban J connectivity index is 2.35. The number of rotatable bonds is 3. The minimum Gasteiger partial charge on any atom is -0.312 e. The molecule has 6 heteroatoms. The van der Waals surface area contributed by atoms with Crippen LogP contribution in [-0.4, -0.2) is 23.1 Å². The highest BCUT2D eigenvalue weighted by Gasteiger charge is 2.31. The van der Waals surface area contributed by atoms with Crippen LogP contribution in [0, 0.1) is 23.0 Å². The van der Waals surface area contributed by atoms with Gasteiger partial charge in [0.2, 0.25) is 5.91 Å². The number of hydrogen-bond acceptors (Lipinski definition) is 4. The third kappa shape index (κ3) is 2.33. The normalized spacial score (nSPS) is 19.3. The second kappa shape index (κ2) is 4.97. The van der Waals surface area contributed by atoms with Crippen LogP contribution in [0.25, 0.3) is 0 Å². The van der Waals surface area contributed by atoms with Crippen molar-refractivity contribution in [2.24, 2.45) is 5.92 Å². The summed E-state index contributed by atoms with van der Waals surface area (Å²) < 4.78 is 0. The molecule has 0 aromatic heterocycles. The number of carbonyl (C=O) groups is 1. The highest BCUT2D eigenvalue weighted by Crippen LogP contribution is 2.31. The van der Waals surface area contributed by atoms with E-state index in [0.29, 0.717) is 24.4 Å². The maximum absolute atomic E-state index is 11.9. The van der Waals surface area contributed by atoms with Crippen LogP contribution < -0.4 is 4.90 Å². The predicted molar refractivity (Wildman–Crippen MR) is 72.1 cm³/mol. The van der Waals surface area contributed by atoms with Crippen molar-refractivity contribution in [3.05, 3.63) is 33.9 Å². The van der Waals surface area contributed by atoms with Crippen molar-refractivity contribution < 1.29 is 9.72 Å². The quantitative estimate of drug-likeness (QED) is 0.518. The molecule has 1 heterocycles. The van der Waals surface area contributed by atoms with Gasteiger partial charge in [0.1, 0.15) is 0 Å². The van der Waals surface area contributed by atoms with Crippen molar-refractivity contribution in [2.45, 2.75) is 13.3 Å². The summed E-state index contributed by atoms with van der Waals surface area (Å²) in [5, 5.41) is 10.8. The molecule has 2 rings (SSSR count). The molecule has 5 nitrogen and oxygen atoms in total. The molecular formula is C12H14N2O3S. The van der Waals surface area contributed by atoms with E-state index < -0.39 is 4.92 Å². The van der Waals surface area contributed by atoms with Gasteiger partial charge in [-0.2, -0.15) is 12.6 Å². The Bertz CT molecular complexity index is 504. The number of carbonyl (C=O) groups excluding carboxylic acids is 1. The van der Waals surface area contributed by atoms with Crippen molar-refractivity contribution >= 4 is 29.9 Å². The summed E-state index contributed by atoms with van der Waals surface area (Å²) in [6.45, 7) is 2.44. The summed E-state index contributed by atoms with van der Waals surface area (Å²) in [5.41, 5.74) is 1.52. The van der Waals surface area contributed by atoms with Crippen molar-refractivity contribution in [3.8, 4) is 0 Å². The number of anilines is 1. The molecule has 0 N–H and O–H groups in total. The number of amides is 1. The van der Waals surface area contributed by atoms with Gasteiger partial charge in [-0.25, -0.2) is 0 Å². The smallest absolute Gasteiger partial charge is 0.271 e. The standard InChI is InChI=1S/C12H14N2O3S/c1-8-2-3-10(14(16)17)5-11(8)13-6-9(7-18)4-12(13)15/h2-3,5,9,18H,4,6-7H2,1H3. The zero-order valence-corrected chi connectivity index (χ0v) is 10.9. The lowest BCUT2D eigenvalue weighted by Crippen LogP contribution is -2.25. The van der Waals surface area contributed by atoms with Crippen LogP contribution in [0.3, 0.4) is 0 Å². The lowest BCUT2D eigenvalue weighted by molar-refractivity contribution is -0.384. The summed E-state index contributed by atoms with van der Waals surface area (Å²) in [6, 6.07) is 4.60. The van der Waals surface area contributed by atoms with E-state index in [-0.39, 0.29) is 17.5 Å². The van der Waals surface area contributed by atoms with Gasteiger partial charge in [0.15, 0.2) is 0 Å². The second-order valence-electron chi connectivity index (χ2n) is 4.48. The van der Waals surface area contributed by atoms with Gasteiger partial charge in [0.25, 0.3) is 5.69 Å². The van der Waals surface area contributed by atoms with E-state index in [9.17, 15) is 14.9 Å². The predicted octanol–water partition coefficient (Wildman–Crippen LogP) is 2.19. The third-order valence-electron chi connectivity index (χ3n) is 3.16. The Morgan fingerprint density at radius 2 is 2.28 bits per heavy atom. The largest absolute Gasteiger partial charge is 0.312 e. The molecular weight excluding hydrogens is 252 g/mol. The molecule has 1 aromatic carbocycles. The van der Waals surface area contributed by atoms with Gasteiger partial charge < -0.3 is 4.90 Å². The lowest BCUT2D eigenvalue weighted by atomic mass is 10.1. The molecule has 1 unspecified atom stereocenters. The summed E-state index contributed by atoms with van der Waals surface area (Å²) in [7, 11) is 0. The lowest BCUT2D eigenvalue weighted by Gasteiger charge is -2.18. The Labute approximate surface area is 110 Å². The second-order valence-corrected chi connectivity index (χ2v) is 4.85. The Morgan fingerprint density at radius 1 is 1.56 bits per heavy atom. The molecule has 1 fully saturated rings. The molecule has 0 spiro atoms. The third-order valence-corrected chi connectivity index (χ3v) is 3.67. The van der Waals surface area contributed by atoms with E-state index in [1.54, 1.807) is 11.0 Å². The van der Waals surface area contributed by atoms with Crippen molar-refractivity contribution in [1.29, 1.82) is 0 Å². The van der Waals surface area contributed by atoms with Crippen LogP contribution in [0.5, 0.6) is 0 Å². The van der Waals surface area contributed by atoms with Crippen molar-refractivity contribution in [1.82, 2.24) is 0 Å². The van der Waals surface area contributed by atoms with Crippen molar-refractivity contribution in [2.75, 3.05) is 17.2 Å². The molecule has 1 aromatic rings. The molecule has 0 saturated carbocycles. The maximum atomic E-state index is 11.9. The molecule has 1 atom stereocenters. The van der Waals surface area contributed by atoms with E-state index in [0.717, 1.165) is 5.56 Å². The first kappa shape index (κ1) is 12.9. The molecule has 0 radical (unpaired) electrons. The van der Waals surface area contributed by atoms with Gasteiger partial charge in [-0.15, -0.1) is 0 Å². The minimum absolute atomic E-state index is 0.0117. The molecule has 1 saturated heterocycles. The summed E-state index contributed by atoms with van der Waals surface area (Å²) in [6.07, 6.45) is 0.464. The zero-order valence-electron chi connectivity index (χ0n) is 10.00. The summed E-state index contributed by atoms with van der Waals surface area (Å²) >= 11 is 4.20. The highest BCUT2D eigenvalue weighted by atomic mass is 32.1. The number of nitro groups is 1. The number of benzene rings is 1. The van der Waals surface area contributed by atoms with Crippen LogP contribution in [0.4, 0.5) is 11.4 Å². The first-order chi connectivity index (χ1) is 8.52. The van der Waals surface area contributed by atoms with Gasteiger partial charge >= 0.3 is 0 Å². The fourth-order valence-electron chi connectivity index (χ4n) is 2.14. The maximum Gasteiger partial charge on any atom is 0.271 e. The van der Waals surface area contributed by atoms with Crippen LogP contribution in [0.15, 0.2) is 18.2 Å². The molecule has 0 bridgehead atoms. The highest BCUT2D eigenvalue weighted by molar-refractivity contribution is 7.80. The number of nitro benzene ring substituents is 1. The van der Waals surface area contributed by atoms with Gasteiger partial charge in [-0.05, 0) is 24.2 Å². The van der Waals surface area contributed by atoms with Crippen molar-refractivity contribution in [3.63, 3.8) is 0 Å². The van der Waals surface area contributed by atoms with Gasteiger partial charge in [-0.3, -0.25) is 14.9 Å². The van der Waals surface area contributed by atoms with E-state index >= 15 is 0 Å². The molecule has 18 heavy (non-hydrogen) atoms. The Kier molecular flexibility index (Phi) is 3.56. The topological polar surface area (TPSA) is 63.5 Å². The van der Waals surface area contributed by atoms with Crippen LogP contribution in [0.2, 0.25) is 0 Å². The number of non-ortho nitro benzene ring substituents is 1. The first-order valence-corrected chi connectivity index (χ1v) is 6.32. The van der Waals surface area contributed by atoms with Crippen LogP contribution >= 0.6 is 12.6 Å². The number of nitrogens with zero attached hydrogens (tertiary/aromatic N) is 2. The average Bonchev–Trinajstić information content (AvgIpc) is 2.71. The fraction of sp³-hybridized carbons (Fsp3) is 0.417. The molecule has 1 aliphatic rings. The Morgan fingerprint density at radius 3 is 2.83 bits per heavy atom. The van der Waals surface area contributed by atoms with Gasteiger partial charge in [0.05, 0.1) is 10.6 Å². The summed E-state index contributed by atoms with van der Waals surface area (Å²) in [4.78, 5) is 23.9. The molecule has 1 aliphatic heterocycles. The fourth-order valence-corrected chi connectivity index (χ4v) is 2.38. The van der Waals surface area contributed by atoms with Crippen LogP contribution in [-0.2, 0) is 4.79 Å². The molecule has 0 aliphatic carbocycles. The average molecular weight is 266 g/mol. The SMILES string of the molecule is Cc1ccc([N+](=O)[O-])cc1N1CC(CS)CC1=O. The number of aryl methyl sites for hydroxylation is 1. The van der Waals surface area contributed by atoms with Gasteiger partial charge in [-0.1, -0.05) is 6.07 Å². The van der Waals surface area contributed by atoms with E-state index in [2.05, 4.69) is 12.6 Å². The van der Waals surface area contributed by atoms with E-state index in [1.807, 2.05) is 6.92 Å². The minimum atomic E-state index is -0.445. The number of hydrogen-bond donors (Lipinski definition) is 1. The summed E-state index contributed by atoms with van der Waals surface area (Å²) in [5.74, 6) is 0.882. The van der Waals surface area contributed by atoms with E-state index in [1.165, 1.54) is 12.1 Å². The van der Waals surface area contributed by atoms with Crippen LogP contribution in [0.1, 0.15) is 12.0 Å². The first-order valence-electron chi connectivity index (χ1n) is 5.69. The van der Waals surface area contributed by atoms with Gasteiger partial charge in [0, 0.05) is 25.1 Å². The molecule has 96 valence electrons. The number of thiol groups is 1. The monoisotopic (exact) mass is 266 g/mol. The van der Waals surface area contributed by atoms with E-state index in [4.69, 9.17) is 0 Å².